The molecule has 1 aliphatic carbocycles. The molecule has 0 amide bonds. The number of carbonyl (C=O) groups is 2. The number of benzene rings is 2. The van der Waals surface area contributed by atoms with E-state index < -0.39 is 11.4 Å². The predicted molar refractivity (Wildman–Crippen MR) is 104 cm³/mol. The van der Waals surface area contributed by atoms with Crippen LogP contribution in [0.15, 0.2) is 42.5 Å². The van der Waals surface area contributed by atoms with Gasteiger partial charge in [0.25, 0.3) is 6.47 Å². The van der Waals surface area contributed by atoms with Gasteiger partial charge in [-0.1, -0.05) is 35.9 Å². The number of aromatic nitrogens is 2. The van der Waals surface area contributed by atoms with E-state index in [0.29, 0.717) is 35.5 Å². The molecule has 0 saturated carbocycles. The van der Waals surface area contributed by atoms with E-state index in [9.17, 15) is 14.7 Å². The van der Waals surface area contributed by atoms with Gasteiger partial charge in [-0.05, 0) is 36.6 Å². The minimum Gasteiger partial charge on any atom is -0.481 e. The van der Waals surface area contributed by atoms with E-state index >= 15 is 0 Å². The summed E-state index contributed by atoms with van der Waals surface area (Å²) in [6, 6.07) is 13.1. The van der Waals surface area contributed by atoms with Gasteiger partial charge in [0.15, 0.2) is 0 Å². The zero-order chi connectivity index (χ0) is 19.7. The van der Waals surface area contributed by atoms with Gasteiger partial charge in [0, 0.05) is 22.4 Å². The largest absolute Gasteiger partial charge is 0.481 e. The summed E-state index contributed by atoms with van der Waals surface area (Å²) < 4.78 is 4.97. The van der Waals surface area contributed by atoms with Crippen LogP contribution >= 0.6 is 11.6 Å². The van der Waals surface area contributed by atoms with Crippen LogP contribution < -0.4 is 0 Å². The van der Waals surface area contributed by atoms with Crippen molar-refractivity contribution in [3.05, 3.63) is 58.7 Å². The first-order chi connectivity index (χ1) is 13.5. The summed E-state index contributed by atoms with van der Waals surface area (Å²) in [6.45, 7) is 0.560. The van der Waals surface area contributed by atoms with Gasteiger partial charge >= 0.3 is 5.97 Å². The summed E-state index contributed by atoms with van der Waals surface area (Å²) in [5.41, 5.74) is 4.00. The average molecular weight is 397 g/mol. The highest BCUT2D eigenvalue weighted by atomic mass is 35.5. The zero-order valence-corrected chi connectivity index (χ0v) is 15.6. The fourth-order valence-corrected chi connectivity index (χ4v) is 4.18. The number of ether oxygens (including phenoxy) is 1. The van der Waals surface area contributed by atoms with Gasteiger partial charge < -0.3 is 9.84 Å². The second-order valence-corrected chi connectivity index (χ2v) is 7.23. The maximum atomic E-state index is 11.4. The highest BCUT2D eigenvalue weighted by Gasteiger charge is 2.45. The summed E-state index contributed by atoms with van der Waals surface area (Å²) in [5.74, 6) is -0.890. The first kappa shape index (κ1) is 18.4. The van der Waals surface area contributed by atoms with Crippen LogP contribution in [-0.2, 0) is 19.7 Å². The molecule has 0 bridgehead atoms. The van der Waals surface area contributed by atoms with Crippen LogP contribution in [-0.4, -0.2) is 34.1 Å². The van der Waals surface area contributed by atoms with E-state index in [1.54, 1.807) is 12.1 Å². The van der Waals surface area contributed by atoms with Crippen LogP contribution in [0.5, 0.6) is 0 Å². The van der Waals surface area contributed by atoms with Crippen LogP contribution in [0.1, 0.15) is 30.5 Å². The van der Waals surface area contributed by atoms with Crippen LogP contribution in [0, 0.1) is 0 Å². The Bertz CT molecular complexity index is 1090. The molecule has 4 rings (SSSR count). The lowest BCUT2D eigenvalue weighted by Crippen LogP contribution is -2.29. The van der Waals surface area contributed by atoms with Gasteiger partial charge in [-0.25, -0.2) is 9.97 Å². The number of carboxylic acid groups (broad SMARTS) is 1. The lowest BCUT2D eigenvalue weighted by atomic mass is 9.74. The molecule has 0 aliphatic heterocycles. The Labute approximate surface area is 166 Å². The maximum Gasteiger partial charge on any atom is 0.303 e. The number of halogens is 1. The fourth-order valence-electron chi connectivity index (χ4n) is 4.02. The van der Waals surface area contributed by atoms with Crippen molar-refractivity contribution in [1.82, 2.24) is 9.97 Å². The summed E-state index contributed by atoms with van der Waals surface area (Å²) in [4.78, 5) is 31.7. The Hall–Kier alpha value is -2.99. The lowest BCUT2D eigenvalue weighted by molar-refractivity contribution is -0.137. The van der Waals surface area contributed by atoms with Gasteiger partial charge in [0.2, 0.25) is 0 Å². The molecular weight excluding hydrogens is 380 g/mol. The van der Waals surface area contributed by atoms with E-state index in [1.807, 2.05) is 30.3 Å². The number of aliphatic carboxylic acids is 1. The Morgan fingerprint density at radius 3 is 2.75 bits per heavy atom. The molecule has 3 aromatic rings. The Balaban J connectivity index is 1.96. The summed E-state index contributed by atoms with van der Waals surface area (Å²) in [6.07, 6.45) is 0.712. The molecular formula is C21H17ClN2O4. The number of carboxylic acids is 1. The van der Waals surface area contributed by atoms with Crippen molar-refractivity contribution in [3.63, 3.8) is 0 Å². The van der Waals surface area contributed by atoms with Crippen molar-refractivity contribution in [1.29, 1.82) is 0 Å². The number of hydrogen-bond donors (Lipinski definition) is 1. The average Bonchev–Trinajstić information content (AvgIpc) is 2.95. The Morgan fingerprint density at radius 2 is 1.96 bits per heavy atom. The number of nitrogens with zero attached hydrogens (tertiary/aromatic N) is 2. The molecule has 7 heteroatoms. The van der Waals surface area contributed by atoms with Crippen LogP contribution in [0.3, 0.4) is 0 Å². The number of carbonyl (C=O) groups excluding carboxylic acids is 1. The van der Waals surface area contributed by atoms with E-state index in [-0.39, 0.29) is 13.0 Å². The third-order valence-corrected chi connectivity index (χ3v) is 5.49. The van der Waals surface area contributed by atoms with Crippen molar-refractivity contribution in [3.8, 4) is 11.3 Å². The van der Waals surface area contributed by atoms with E-state index in [4.69, 9.17) is 26.3 Å². The lowest BCUT2D eigenvalue weighted by Gasteiger charge is -2.30. The van der Waals surface area contributed by atoms with Gasteiger partial charge in [0.1, 0.15) is 0 Å². The standard InChI is InChI=1S/C21H17ClN2O4/c22-13-5-6-16-17(11-13)24-20-19(23-16)14-3-1-2-4-15(14)21(20,8-7-18(26)27)9-10-28-12-25/h1-6,11-12H,7-10H2,(H,26,27). The van der Waals surface area contributed by atoms with Crippen LogP contribution in [0.4, 0.5) is 0 Å². The molecule has 0 radical (unpaired) electrons. The molecule has 0 fully saturated rings. The summed E-state index contributed by atoms with van der Waals surface area (Å²) in [5, 5.41) is 9.88. The third-order valence-electron chi connectivity index (χ3n) is 5.26. The monoisotopic (exact) mass is 396 g/mol. The normalized spacial score (nSPS) is 17.2. The number of fused-ring (bicyclic) bond motifs is 4. The first-order valence-electron chi connectivity index (χ1n) is 8.90. The molecule has 28 heavy (non-hydrogen) atoms. The van der Waals surface area contributed by atoms with Crippen molar-refractivity contribution >= 4 is 35.1 Å². The SMILES string of the molecule is O=COCCC1(CCC(=O)O)c2ccccc2-c2nc3ccc(Cl)cc3nc21. The second kappa shape index (κ2) is 7.20. The van der Waals surface area contributed by atoms with Crippen molar-refractivity contribution in [2.75, 3.05) is 6.61 Å². The first-order valence-corrected chi connectivity index (χ1v) is 9.28. The highest BCUT2D eigenvalue weighted by Crippen LogP contribution is 2.52. The quantitative estimate of drug-likeness (QED) is 0.480. The van der Waals surface area contributed by atoms with Gasteiger partial charge in [-0.15, -0.1) is 0 Å². The van der Waals surface area contributed by atoms with Crippen molar-refractivity contribution in [2.45, 2.75) is 24.7 Å². The minimum absolute atomic E-state index is 0.0376. The fraction of sp³-hybridized carbons (Fsp3) is 0.238. The highest BCUT2D eigenvalue weighted by molar-refractivity contribution is 6.31. The molecule has 0 saturated heterocycles. The van der Waals surface area contributed by atoms with E-state index in [0.717, 1.165) is 22.3 Å². The zero-order valence-electron chi connectivity index (χ0n) is 14.9. The molecule has 1 aromatic heterocycles. The molecule has 1 N–H and O–H groups in total. The van der Waals surface area contributed by atoms with E-state index in [1.165, 1.54) is 0 Å². The topological polar surface area (TPSA) is 89.4 Å². The molecule has 0 spiro atoms. The molecule has 1 heterocycles. The Kier molecular flexibility index (Phi) is 4.73. The summed E-state index contributed by atoms with van der Waals surface area (Å²) in [7, 11) is 0. The molecule has 1 atom stereocenters. The van der Waals surface area contributed by atoms with Gasteiger partial charge in [-0.3, -0.25) is 9.59 Å². The smallest absolute Gasteiger partial charge is 0.303 e. The molecule has 142 valence electrons. The van der Waals surface area contributed by atoms with E-state index in [2.05, 4.69) is 0 Å². The Morgan fingerprint density at radius 1 is 1.14 bits per heavy atom. The molecule has 1 aliphatic rings. The van der Waals surface area contributed by atoms with Crippen LogP contribution in [0.25, 0.3) is 22.3 Å². The second-order valence-electron chi connectivity index (χ2n) is 6.79. The molecule has 1 unspecified atom stereocenters. The molecule has 2 aromatic carbocycles. The molecule has 6 nitrogen and oxygen atoms in total. The third kappa shape index (κ3) is 2.99. The van der Waals surface area contributed by atoms with Crippen molar-refractivity contribution in [2.24, 2.45) is 0 Å². The van der Waals surface area contributed by atoms with Crippen molar-refractivity contribution < 1.29 is 19.4 Å². The number of hydrogen-bond acceptors (Lipinski definition) is 5. The van der Waals surface area contributed by atoms with Gasteiger partial charge in [-0.2, -0.15) is 0 Å². The summed E-state index contributed by atoms with van der Waals surface area (Å²) >= 11 is 6.13. The minimum atomic E-state index is -0.890. The van der Waals surface area contributed by atoms with Gasteiger partial charge in [0.05, 0.1) is 29.0 Å². The number of rotatable bonds is 7. The van der Waals surface area contributed by atoms with Crippen LogP contribution in [0.2, 0.25) is 5.02 Å². The maximum absolute atomic E-state index is 11.4. The predicted octanol–water partition coefficient (Wildman–Crippen LogP) is 3.98.